The van der Waals surface area contributed by atoms with Crippen LogP contribution in [0.15, 0.2) is 13.2 Å². The van der Waals surface area contributed by atoms with E-state index in [1.54, 1.807) is 0 Å². The molecule has 0 aliphatic rings. The molecule has 98 valence electrons. The molecule has 0 heterocycles. The van der Waals surface area contributed by atoms with Crippen molar-refractivity contribution < 1.29 is 0 Å². The molecule has 0 aromatic rings. The molecule has 0 amide bonds. The quantitative estimate of drug-likeness (QED) is 0.492. The summed E-state index contributed by atoms with van der Waals surface area (Å²) < 4.78 is 0. The fourth-order valence-corrected chi connectivity index (χ4v) is 1.73. The molecule has 0 heteroatoms. The van der Waals surface area contributed by atoms with Crippen LogP contribution in [0.3, 0.4) is 0 Å². The van der Waals surface area contributed by atoms with Crippen LogP contribution in [0, 0.1) is 23.2 Å². The van der Waals surface area contributed by atoms with Gasteiger partial charge in [0, 0.05) is 0 Å². The van der Waals surface area contributed by atoms with Gasteiger partial charge in [-0.25, -0.2) is 0 Å². The third-order valence-electron chi connectivity index (χ3n) is 4.33. The largest absolute Gasteiger partial charge is 0.106 e. The van der Waals surface area contributed by atoms with Gasteiger partial charge in [0.2, 0.25) is 0 Å². The lowest BCUT2D eigenvalue weighted by Crippen LogP contribution is -2.22. The average molecular weight is 226 g/mol. The van der Waals surface area contributed by atoms with Gasteiger partial charge in [0.1, 0.15) is 0 Å². The van der Waals surface area contributed by atoms with Gasteiger partial charge in [-0.05, 0) is 36.0 Å². The van der Waals surface area contributed by atoms with Crippen molar-refractivity contribution in [1.29, 1.82) is 0 Å². The second kappa shape index (κ2) is 8.84. The highest BCUT2D eigenvalue weighted by Gasteiger charge is 2.25. The van der Waals surface area contributed by atoms with Crippen LogP contribution in [0.5, 0.6) is 0 Å². The molecule has 0 fully saturated rings. The topological polar surface area (TPSA) is 0 Å². The van der Waals surface area contributed by atoms with Crippen molar-refractivity contribution in [3.8, 4) is 0 Å². The van der Waals surface area contributed by atoms with Crippen LogP contribution in [0.1, 0.15) is 67.7 Å². The number of hydrogen-bond acceptors (Lipinski definition) is 0. The first-order chi connectivity index (χ1) is 7.31. The van der Waals surface area contributed by atoms with Crippen molar-refractivity contribution in [2.24, 2.45) is 23.2 Å². The lowest BCUT2D eigenvalue weighted by atomic mass is 9.73. The first-order valence-electron chi connectivity index (χ1n) is 6.81. The molecule has 0 aromatic carbocycles. The van der Waals surface area contributed by atoms with Crippen molar-refractivity contribution in [2.75, 3.05) is 0 Å². The summed E-state index contributed by atoms with van der Waals surface area (Å²) in [4.78, 5) is 0. The SMILES string of the molecule is C=C.CCC(C)C(C)(C)CCC(C)C(C)C. The van der Waals surface area contributed by atoms with Crippen molar-refractivity contribution in [2.45, 2.75) is 67.7 Å². The van der Waals surface area contributed by atoms with Crippen LogP contribution >= 0.6 is 0 Å². The van der Waals surface area contributed by atoms with Gasteiger partial charge in [0.15, 0.2) is 0 Å². The zero-order valence-corrected chi connectivity index (χ0v) is 12.8. The Hall–Kier alpha value is -0.260. The second-order valence-electron chi connectivity index (χ2n) is 6.06. The lowest BCUT2D eigenvalue weighted by molar-refractivity contribution is 0.182. The standard InChI is InChI=1S/C14H30.C2H4/c1-8-13(5)14(6,7)10-9-12(4)11(2)3;1-2/h11-13H,8-10H2,1-7H3;1-2H2. The predicted octanol–water partition coefficient (Wildman–Crippen LogP) is 5.93. The summed E-state index contributed by atoms with van der Waals surface area (Å²) in [6, 6.07) is 0. The van der Waals surface area contributed by atoms with E-state index in [9.17, 15) is 0 Å². The molecule has 0 saturated carbocycles. The Labute approximate surface area is 105 Å². The Morgan fingerprint density at radius 3 is 1.75 bits per heavy atom. The van der Waals surface area contributed by atoms with E-state index in [1.807, 2.05) is 0 Å². The van der Waals surface area contributed by atoms with Gasteiger partial charge in [-0.2, -0.15) is 0 Å². The molecule has 2 atom stereocenters. The molecule has 0 aliphatic heterocycles. The van der Waals surface area contributed by atoms with E-state index in [1.165, 1.54) is 19.3 Å². The molecular formula is C16H34. The van der Waals surface area contributed by atoms with E-state index in [4.69, 9.17) is 0 Å². The molecule has 2 unspecified atom stereocenters. The average Bonchev–Trinajstić information content (AvgIpc) is 2.27. The highest BCUT2D eigenvalue weighted by atomic mass is 14.3. The summed E-state index contributed by atoms with van der Waals surface area (Å²) in [5.74, 6) is 2.56. The van der Waals surface area contributed by atoms with Gasteiger partial charge in [0.05, 0.1) is 0 Å². The Morgan fingerprint density at radius 1 is 1.00 bits per heavy atom. The van der Waals surface area contributed by atoms with Crippen molar-refractivity contribution >= 4 is 0 Å². The summed E-state index contributed by atoms with van der Waals surface area (Å²) in [5.41, 5.74) is 0.526. The van der Waals surface area contributed by atoms with Gasteiger partial charge in [0.25, 0.3) is 0 Å². The van der Waals surface area contributed by atoms with E-state index in [0.29, 0.717) is 5.41 Å². The van der Waals surface area contributed by atoms with Crippen LogP contribution in [0.2, 0.25) is 0 Å². The smallest absolute Gasteiger partial charge is 0.0329 e. The summed E-state index contributed by atoms with van der Waals surface area (Å²) in [6.45, 7) is 22.6. The summed E-state index contributed by atoms with van der Waals surface area (Å²) >= 11 is 0. The molecular weight excluding hydrogens is 192 g/mol. The normalized spacial score (nSPS) is 15.2. The maximum absolute atomic E-state index is 3.00. The van der Waals surface area contributed by atoms with Crippen LogP contribution in [-0.2, 0) is 0 Å². The van der Waals surface area contributed by atoms with Crippen LogP contribution < -0.4 is 0 Å². The summed E-state index contributed by atoms with van der Waals surface area (Å²) in [7, 11) is 0. The second-order valence-corrected chi connectivity index (χ2v) is 6.06. The maximum atomic E-state index is 3.00. The number of hydrogen-bond donors (Lipinski definition) is 0. The van der Waals surface area contributed by atoms with Crippen molar-refractivity contribution in [3.05, 3.63) is 13.2 Å². The molecule has 0 aliphatic carbocycles. The minimum atomic E-state index is 0.526. The maximum Gasteiger partial charge on any atom is -0.0329 e. The van der Waals surface area contributed by atoms with Gasteiger partial charge in [-0.15, -0.1) is 13.2 Å². The first kappa shape index (κ1) is 18.1. The molecule has 0 spiro atoms. The minimum absolute atomic E-state index is 0.526. The van der Waals surface area contributed by atoms with Gasteiger partial charge < -0.3 is 0 Å². The zero-order valence-electron chi connectivity index (χ0n) is 12.8. The lowest BCUT2D eigenvalue weighted by Gasteiger charge is -2.32. The molecule has 0 N–H and O–H groups in total. The molecule has 0 aromatic heterocycles. The molecule has 0 nitrogen and oxygen atoms in total. The van der Waals surface area contributed by atoms with Crippen molar-refractivity contribution in [1.82, 2.24) is 0 Å². The van der Waals surface area contributed by atoms with Crippen molar-refractivity contribution in [3.63, 3.8) is 0 Å². The first-order valence-corrected chi connectivity index (χ1v) is 6.81. The number of rotatable bonds is 6. The van der Waals surface area contributed by atoms with E-state index in [0.717, 1.165) is 17.8 Å². The van der Waals surface area contributed by atoms with E-state index in [2.05, 4.69) is 61.6 Å². The van der Waals surface area contributed by atoms with Gasteiger partial charge in [-0.1, -0.05) is 54.9 Å². The Kier molecular flexibility index (Phi) is 10.0. The van der Waals surface area contributed by atoms with Crippen LogP contribution in [0.4, 0.5) is 0 Å². The highest BCUT2D eigenvalue weighted by Crippen LogP contribution is 2.35. The van der Waals surface area contributed by atoms with E-state index >= 15 is 0 Å². The highest BCUT2D eigenvalue weighted by molar-refractivity contribution is 4.75. The van der Waals surface area contributed by atoms with Gasteiger partial charge >= 0.3 is 0 Å². The predicted molar refractivity (Wildman–Crippen MR) is 77.7 cm³/mol. The Balaban J connectivity index is 0. The molecule has 0 bridgehead atoms. The Morgan fingerprint density at radius 2 is 1.44 bits per heavy atom. The monoisotopic (exact) mass is 226 g/mol. The molecule has 0 rings (SSSR count). The molecule has 16 heavy (non-hydrogen) atoms. The minimum Gasteiger partial charge on any atom is -0.106 e. The Bertz CT molecular complexity index is 155. The zero-order chi connectivity index (χ0) is 13.4. The van der Waals surface area contributed by atoms with E-state index < -0.39 is 0 Å². The molecule has 0 saturated heterocycles. The van der Waals surface area contributed by atoms with Gasteiger partial charge in [-0.3, -0.25) is 0 Å². The van der Waals surface area contributed by atoms with E-state index in [-0.39, 0.29) is 0 Å². The third kappa shape index (κ3) is 7.09. The fraction of sp³-hybridized carbons (Fsp3) is 0.875. The fourth-order valence-electron chi connectivity index (χ4n) is 1.73. The third-order valence-corrected chi connectivity index (χ3v) is 4.33. The van der Waals surface area contributed by atoms with Crippen LogP contribution in [-0.4, -0.2) is 0 Å². The van der Waals surface area contributed by atoms with Crippen LogP contribution in [0.25, 0.3) is 0 Å². The summed E-state index contributed by atoms with van der Waals surface area (Å²) in [6.07, 6.45) is 4.07. The molecule has 0 radical (unpaired) electrons. The summed E-state index contributed by atoms with van der Waals surface area (Å²) in [5, 5.41) is 0.